The molecule has 3 heterocycles. The number of halogens is 6. The van der Waals surface area contributed by atoms with Crippen LogP contribution in [0.25, 0.3) is 22.5 Å². The van der Waals surface area contributed by atoms with E-state index in [4.69, 9.17) is 9.90 Å². The number of aromatic amines is 1. The second-order valence-corrected chi connectivity index (χ2v) is 6.89. The molecule has 4 rings (SSSR count). The molecule has 0 spiro atoms. The van der Waals surface area contributed by atoms with Gasteiger partial charge in [0.15, 0.2) is 0 Å². The SMILES string of the molecule is O=C(O)C(F)(F)F.O=C1NCCc2[nH]c(-c3ccnc(-c4cccc(C(F)(F)F)c4)c3)cc21. The number of H-pyrrole nitrogens is 1. The van der Waals surface area contributed by atoms with E-state index in [2.05, 4.69) is 15.3 Å². The van der Waals surface area contributed by atoms with E-state index < -0.39 is 23.9 Å². The minimum Gasteiger partial charge on any atom is -0.475 e. The molecule has 3 N–H and O–H groups in total. The lowest BCUT2D eigenvalue weighted by Crippen LogP contribution is -2.31. The molecule has 1 aliphatic rings. The van der Waals surface area contributed by atoms with Gasteiger partial charge in [-0.2, -0.15) is 26.3 Å². The number of pyridine rings is 1. The quantitative estimate of drug-likeness (QED) is 0.473. The Hall–Kier alpha value is -3.83. The Morgan fingerprint density at radius 2 is 1.70 bits per heavy atom. The number of aliphatic carboxylic acids is 1. The fourth-order valence-electron chi connectivity index (χ4n) is 3.06. The van der Waals surface area contributed by atoms with E-state index in [1.54, 1.807) is 30.5 Å². The molecule has 0 saturated carbocycles. The van der Waals surface area contributed by atoms with Crippen molar-refractivity contribution in [3.8, 4) is 22.5 Å². The van der Waals surface area contributed by atoms with Crippen LogP contribution >= 0.6 is 0 Å². The van der Waals surface area contributed by atoms with Gasteiger partial charge < -0.3 is 15.4 Å². The second kappa shape index (κ2) is 8.96. The van der Waals surface area contributed by atoms with Crippen LogP contribution < -0.4 is 5.32 Å². The molecule has 1 aliphatic heterocycles. The zero-order valence-corrected chi connectivity index (χ0v) is 16.5. The van der Waals surface area contributed by atoms with Crippen molar-refractivity contribution in [2.24, 2.45) is 0 Å². The van der Waals surface area contributed by atoms with Gasteiger partial charge in [0.05, 0.1) is 16.8 Å². The summed E-state index contributed by atoms with van der Waals surface area (Å²) in [5, 5.41) is 9.91. The standard InChI is InChI=1S/C19H14F3N3O.C2HF3O2/c20-19(21,22)13-3-1-2-11(8-13)16-9-12(4-6-23-16)17-10-14-15(25-17)5-7-24-18(14)26;3-2(4,5)1(6)7/h1-4,6,8-10,25H,5,7H2,(H,24,26);(H,6,7). The number of amides is 1. The molecule has 0 aliphatic carbocycles. The Morgan fingerprint density at radius 3 is 2.30 bits per heavy atom. The Morgan fingerprint density at radius 1 is 1.00 bits per heavy atom. The van der Waals surface area contributed by atoms with Gasteiger partial charge in [0, 0.05) is 41.7 Å². The van der Waals surface area contributed by atoms with Crippen LogP contribution in [-0.4, -0.2) is 39.7 Å². The van der Waals surface area contributed by atoms with Gasteiger partial charge in [-0.05, 0) is 30.3 Å². The van der Waals surface area contributed by atoms with Gasteiger partial charge in [-0.3, -0.25) is 9.78 Å². The van der Waals surface area contributed by atoms with Crippen LogP contribution in [0.15, 0.2) is 48.7 Å². The fraction of sp³-hybridized carbons (Fsp3) is 0.190. The van der Waals surface area contributed by atoms with E-state index in [-0.39, 0.29) is 5.91 Å². The Bertz CT molecular complexity index is 1180. The fourth-order valence-corrected chi connectivity index (χ4v) is 3.06. The van der Waals surface area contributed by atoms with Gasteiger partial charge in [-0.25, -0.2) is 4.79 Å². The highest BCUT2D eigenvalue weighted by atomic mass is 19.4. The third-order valence-electron chi connectivity index (χ3n) is 4.60. The maximum absolute atomic E-state index is 12.9. The molecular weight excluding hydrogens is 456 g/mol. The van der Waals surface area contributed by atoms with E-state index in [1.807, 2.05) is 0 Å². The number of nitrogens with zero attached hydrogens (tertiary/aromatic N) is 1. The molecule has 0 radical (unpaired) electrons. The predicted molar refractivity (Wildman–Crippen MR) is 104 cm³/mol. The Balaban J connectivity index is 0.000000383. The van der Waals surface area contributed by atoms with Crippen LogP contribution in [0.3, 0.4) is 0 Å². The van der Waals surface area contributed by atoms with Crippen molar-refractivity contribution in [2.45, 2.75) is 18.8 Å². The molecule has 1 amide bonds. The molecule has 1 aromatic carbocycles. The van der Waals surface area contributed by atoms with Crippen molar-refractivity contribution >= 4 is 11.9 Å². The van der Waals surface area contributed by atoms with Crippen molar-refractivity contribution in [3.05, 3.63) is 65.5 Å². The first kappa shape index (κ1) is 23.8. The summed E-state index contributed by atoms with van der Waals surface area (Å²) in [6, 6.07) is 10.3. The first-order chi connectivity index (χ1) is 15.4. The number of fused-ring (bicyclic) bond motifs is 1. The first-order valence-electron chi connectivity index (χ1n) is 9.30. The summed E-state index contributed by atoms with van der Waals surface area (Å²) in [7, 11) is 0. The monoisotopic (exact) mass is 471 g/mol. The van der Waals surface area contributed by atoms with Crippen molar-refractivity contribution in [1.29, 1.82) is 0 Å². The number of carboxylic acids is 1. The van der Waals surface area contributed by atoms with Crippen LogP contribution in [-0.2, 0) is 17.4 Å². The van der Waals surface area contributed by atoms with Crippen molar-refractivity contribution in [1.82, 2.24) is 15.3 Å². The normalized spacial score (nSPS) is 13.5. The Kier molecular flexibility index (Phi) is 6.47. The number of rotatable bonds is 2. The van der Waals surface area contributed by atoms with Gasteiger partial charge in [-0.15, -0.1) is 0 Å². The van der Waals surface area contributed by atoms with Crippen molar-refractivity contribution < 1.29 is 41.0 Å². The molecule has 0 bridgehead atoms. The van der Waals surface area contributed by atoms with Gasteiger partial charge in [0.1, 0.15) is 0 Å². The number of nitrogens with one attached hydrogen (secondary N) is 2. The third-order valence-corrected chi connectivity index (χ3v) is 4.60. The van der Waals surface area contributed by atoms with E-state index >= 15 is 0 Å². The van der Waals surface area contributed by atoms with E-state index in [0.717, 1.165) is 29.1 Å². The average Bonchev–Trinajstić information content (AvgIpc) is 3.19. The lowest BCUT2D eigenvalue weighted by Gasteiger charge is -2.11. The molecule has 33 heavy (non-hydrogen) atoms. The number of carbonyl (C=O) groups excluding carboxylic acids is 1. The molecule has 6 nitrogen and oxygen atoms in total. The van der Waals surface area contributed by atoms with Crippen molar-refractivity contribution in [2.75, 3.05) is 6.54 Å². The summed E-state index contributed by atoms with van der Waals surface area (Å²) in [5.74, 6) is -2.88. The van der Waals surface area contributed by atoms with Crippen LogP contribution in [0.1, 0.15) is 21.6 Å². The van der Waals surface area contributed by atoms with E-state index in [1.165, 1.54) is 6.07 Å². The number of hydrogen-bond acceptors (Lipinski definition) is 3. The molecule has 12 heteroatoms. The maximum atomic E-state index is 12.9. The minimum atomic E-state index is -5.08. The lowest BCUT2D eigenvalue weighted by atomic mass is 10.0. The summed E-state index contributed by atoms with van der Waals surface area (Å²) >= 11 is 0. The van der Waals surface area contributed by atoms with Gasteiger partial charge in [0.25, 0.3) is 5.91 Å². The second-order valence-electron chi connectivity index (χ2n) is 6.89. The molecule has 0 fully saturated rings. The maximum Gasteiger partial charge on any atom is 0.490 e. The van der Waals surface area contributed by atoms with E-state index in [9.17, 15) is 31.1 Å². The summed E-state index contributed by atoms with van der Waals surface area (Å²) in [4.78, 5) is 28.2. The minimum absolute atomic E-state index is 0.124. The third kappa shape index (κ3) is 5.70. The highest BCUT2D eigenvalue weighted by Crippen LogP contribution is 2.33. The summed E-state index contributed by atoms with van der Waals surface area (Å²) in [6.07, 6.45) is -7.23. The van der Waals surface area contributed by atoms with Crippen LogP contribution in [0.5, 0.6) is 0 Å². The molecule has 0 atom stereocenters. The molecule has 0 saturated heterocycles. The number of alkyl halides is 6. The zero-order valence-electron chi connectivity index (χ0n) is 16.5. The number of aromatic nitrogens is 2. The topological polar surface area (TPSA) is 95.1 Å². The molecule has 2 aromatic heterocycles. The summed E-state index contributed by atoms with van der Waals surface area (Å²) in [5.41, 5.74) is 3.07. The predicted octanol–water partition coefficient (Wildman–Crippen LogP) is 4.68. The van der Waals surface area contributed by atoms with Crippen molar-refractivity contribution in [3.63, 3.8) is 0 Å². The number of carboxylic acid groups (broad SMARTS) is 1. The summed E-state index contributed by atoms with van der Waals surface area (Å²) < 4.78 is 70.5. The number of hydrogen-bond donors (Lipinski definition) is 3. The van der Waals surface area contributed by atoms with Crippen LogP contribution in [0.4, 0.5) is 26.3 Å². The van der Waals surface area contributed by atoms with Gasteiger partial charge in [0.2, 0.25) is 0 Å². The highest BCUT2D eigenvalue weighted by Gasteiger charge is 2.38. The zero-order chi connectivity index (χ0) is 24.4. The first-order valence-corrected chi connectivity index (χ1v) is 9.30. The molecular formula is C21H15F6N3O3. The molecule has 174 valence electrons. The largest absolute Gasteiger partial charge is 0.490 e. The van der Waals surface area contributed by atoms with Crippen LogP contribution in [0.2, 0.25) is 0 Å². The average molecular weight is 471 g/mol. The highest BCUT2D eigenvalue weighted by molar-refractivity contribution is 5.97. The smallest absolute Gasteiger partial charge is 0.475 e. The van der Waals surface area contributed by atoms with Gasteiger partial charge in [-0.1, -0.05) is 12.1 Å². The van der Waals surface area contributed by atoms with Gasteiger partial charge >= 0.3 is 18.3 Å². The number of carbonyl (C=O) groups is 2. The summed E-state index contributed by atoms with van der Waals surface area (Å²) in [6.45, 7) is 0.581. The Labute approximate surface area is 182 Å². The number of benzene rings is 1. The van der Waals surface area contributed by atoms with Crippen LogP contribution in [0, 0.1) is 0 Å². The lowest BCUT2D eigenvalue weighted by molar-refractivity contribution is -0.192. The molecule has 3 aromatic rings. The molecule has 0 unspecified atom stereocenters. The van der Waals surface area contributed by atoms with E-state index in [0.29, 0.717) is 29.8 Å².